The van der Waals surface area contributed by atoms with Crippen LogP contribution in [0.4, 0.5) is 0 Å². The van der Waals surface area contributed by atoms with Crippen LogP contribution >= 0.6 is 0 Å². The molecule has 0 saturated carbocycles. The van der Waals surface area contributed by atoms with Gasteiger partial charge in [-0.3, -0.25) is 0 Å². The predicted molar refractivity (Wildman–Crippen MR) is 12.0 cm³/mol. The van der Waals surface area contributed by atoms with Crippen LogP contribution in [0, 0.1) is 0 Å². The van der Waals surface area contributed by atoms with Crippen LogP contribution in [0.15, 0.2) is 0 Å². The molecule has 0 unspecified atom stereocenters. The molecule has 0 spiro atoms. The van der Waals surface area contributed by atoms with E-state index in [9.17, 15) is 0 Å². The summed E-state index contributed by atoms with van der Waals surface area (Å²) < 4.78 is 0. The Kier molecular flexibility index (Phi) is 2540. The number of rotatable bonds is 0. The zero-order valence-electron chi connectivity index (χ0n) is 2.16. The fourth-order valence-corrected chi connectivity index (χ4v) is 0. The second-order valence-electron chi connectivity index (χ2n) is 0. The molecule has 0 aromatic rings. The summed E-state index contributed by atoms with van der Waals surface area (Å²) in [6.45, 7) is 0. The molecule has 4 heteroatoms. The van der Waals surface area contributed by atoms with E-state index >= 15 is 0 Å². The van der Waals surface area contributed by atoms with E-state index in [0.29, 0.717) is 0 Å². The van der Waals surface area contributed by atoms with Crippen LogP contribution in [0.3, 0.4) is 0 Å². The molecule has 0 rings (SSSR count). The van der Waals surface area contributed by atoms with Crippen LogP contribution in [-0.2, 0) is 22.4 Å². The summed E-state index contributed by atoms with van der Waals surface area (Å²) in [4.78, 5) is 0. The Balaban J connectivity index is 0. The van der Waals surface area contributed by atoms with Crippen LogP contribution in [-0.4, -0.2) is 5.48 Å². The van der Waals surface area contributed by atoms with Crippen molar-refractivity contribution in [1.29, 1.82) is 0 Å². The molecule has 0 aromatic carbocycles. The Hall–Kier alpha value is 0.620. The molecule has 34 valence electrons. The van der Waals surface area contributed by atoms with Gasteiger partial charge < -0.3 is 17.8 Å². The molecule has 3 nitrogen and oxygen atoms in total. The molecule has 0 radical (unpaired) electrons. The van der Waals surface area contributed by atoms with Gasteiger partial charge in [-0.25, -0.2) is 0 Å². The van der Waals surface area contributed by atoms with E-state index in [0.717, 1.165) is 0 Å². The van der Waals surface area contributed by atoms with Gasteiger partial charge in [0.2, 0.25) is 0 Å². The maximum Gasteiger partial charge on any atom is 1.00 e. The van der Waals surface area contributed by atoms with Gasteiger partial charge in [0, 0.05) is 0 Å². The molecular weight excluding hydrogens is 152 g/mol. The zero-order valence-corrected chi connectivity index (χ0v) is 3.65. The second kappa shape index (κ2) is 64.6. The topological polar surface area (TPSA) is 100 Å². The van der Waals surface area contributed by atoms with Gasteiger partial charge in [0.05, 0.1) is 0 Å². The molecule has 0 heterocycles. The van der Waals surface area contributed by atoms with Gasteiger partial charge in [-0.15, -0.1) is 0 Å². The van der Waals surface area contributed by atoms with Crippen LogP contribution in [0.1, 0.15) is 0 Å². The van der Waals surface area contributed by atoms with Gasteiger partial charge in [-0.2, -0.15) is 0 Å². The van der Waals surface area contributed by atoms with Crippen molar-refractivity contribution in [2.24, 2.45) is 0 Å². The van der Waals surface area contributed by atoms with Crippen molar-refractivity contribution in [1.82, 2.24) is 12.3 Å². The Morgan fingerprint density at radius 1 is 0.750 bits per heavy atom. The molecule has 0 amide bonds. The van der Waals surface area contributed by atoms with Crippen molar-refractivity contribution in [3.63, 3.8) is 0 Å². The Labute approximate surface area is 40.8 Å². The molecule has 0 aliphatic carbocycles. The number of hydrogen-bond acceptors (Lipinski definition) is 3. The van der Waals surface area contributed by atoms with Gasteiger partial charge in [0.25, 0.3) is 0 Å². The van der Waals surface area contributed by atoms with E-state index in [1.807, 2.05) is 0 Å². The summed E-state index contributed by atoms with van der Waals surface area (Å²) in [7, 11) is 0. The summed E-state index contributed by atoms with van der Waals surface area (Å²) in [6, 6.07) is 0. The largest absolute Gasteiger partial charge is 1.00 e. The molecule has 7 N–H and O–H groups in total. The van der Waals surface area contributed by atoms with E-state index in [2.05, 4.69) is 0 Å². The first-order chi connectivity index (χ1) is 0. The summed E-state index contributed by atoms with van der Waals surface area (Å²) in [5, 5.41) is 0. The third kappa shape index (κ3) is 17.9. The quantitative estimate of drug-likeness (QED) is 0.491. The molecule has 0 bridgehead atoms. The Morgan fingerprint density at radius 3 is 0.750 bits per heavy atom. The van der Waals surface area contributed by atoms with Crippen LogP contribution in [0.5, 0.6) is 0 Å². The molecule has 4 heavy (non-hydrogen) atoms. The fraction of sp³-hybridized carbons (Fsp3) is 0. The van der Waals surface area contributed by atoms with Crippen molar-refractivity contribution >= 4 is 0 Å². The van der Waals surface area contributed by atoms with Crippen molar-refractivity contribution in [3.8, 4) is 0 Å². The number of hydrogen-bond donors (Lipinski definition) is 2. The average Bonchev–Trinajstić information content (AvgIpc) is 0. The Bertz CT molecular complexity index is 6.00. The SMILES string of the molecule is N.N.[Ag+].[OH-]. The van der Waals surface area contributed by atoms with Gasteiger partial charge in [-0.05, 0) is 0 Å². The zero-order chi connectivity index (χ0) is 0. The van der Waals surface area contributed by atoms with E-state index in [-0.39, 0.29) is 40.2 Å². The molecule has 0 aliphatic heterocycles. The maximum absolute atomic E-state index is 0. The van der Waals surface area contributed by atoms with Crippen molar-refractivity contribution < 1.29 is 27.9 Å². The first-order valence-electron chi connectivity index (χ1n) is 0. The van der Waals surface area contributed by atoms with Crippen molar-refractivity contribution in [2.45, 2.75) is 0 Å². The minimum absolute atomic E-state index is 0. The summed E-state index contributed by atoms with van der Waals surface area (Å²) in [6.07, 6.45) is 0. The van der Waals surface area contributed by atoms with Gasteiger partial charge >= 0.3 is 22.4 Å². The van der Waals surface area contributed by atoms with Gasteiger partial charge in [0.1, 0.15) is 0 Å². The minimum Gasteiger partial charge on any atom is -0.870 e. The molecule has 0 atom stereocenters. The van der Waals surface area contributed by atoms with Gasteiger partial charge in [0.15, 0.2) is 0 Å². The summed E-state index contributed by atoms with van der Waals surface area (Å²) in [5.41, 5.74) is 0. The van der Waals surface area contributed by atoms with E-state index in [1.54, 1.807) is 0 Å². The first-order valence-corrected chi connectivity index (χ1v) is 0. The van der Waals surface area contributed by atoms with Crippen LogP contribution < -0.4 is 12.3 Å². The average molecular weight is 159 g/mol. The standard InChI is InChI=1S/Ag.2H3N.H2O/h;2*1H3;1H2/q+1;;;/p-1. The minimum atomic E-state index is 0. The molecule has 0 fully saturated rings. The fourth-order valence-electron chi connectivity index (χ4n) is 0. The molecule has 0 saturated heterocycles. The van der Waals surface area contributed by atoms with Crippen molar-refractivity contribution in [3.05, 3.63) is 0 Å². The van der Waals surface area contributed by atoms with E-state index in [4.69, 9.17) is 0 Å². The van der Waals surface area contributed by atoms with Gasteiger partial charge in [-0.1, -0.05) is 0 Å². The van der Waals surface area contributed by atoms with Crippen molar-refractivity contribution in [2.75, 3.05) is 0 Å². The molecular formula is H7AgN2O. The van der Waals surface area contributed by atoms with Crippen LogP contribution in [0.25, 0.3) is 0 Å². The summed E-state index contributed by atoms with van der Waals surface area (Å²) in [5.74, 6) is 0. The second-order valence-corrected chi connectivity index (χ2v) is 0. The Morgan fingerprint density at radius 2 is 0.750 bits per heavy atom. The maximum atomic E-state index is 0. The van der Waals surface area contributed by atoms with E-state index < -0.39 is 0 Å². The van der Waals surface area contributed by atoms with Crippen LogP contribution in [0.2, 0.25) is 0 Å². The third-order valence-electron chi connectivity index (χ3n) is 0. The third-order valence-corrected chi connectivity index (χ3v) is 0. The normalized spacial score (nSPS) is 0. The summed E-state index contributed by atoms with van der Waals surface area (Å²) >= 11 is 0. The molecule has 0 aromatic heterocycles. The first kappa shape index (κ1) is 157. The van der Waals surface area contributed by atoms with E-state index in [1.165, 1.54) is 0 Å². The molecule has 0 aliphatic rings. The predicted octanol–water partition coefficient (Wildman–Crippen LogP) is 0.145. The monoisotopic (exact) mass is 158 g/mol. The smallest absolute Gasteiger partial charge is 0.870 e.